The summed E-state index contributed by atoms with van der Waals surface area (Å²) >= 11 is 5.79. The van der Waals surface area contributed by atoms with E-state index in [4.69, 9.17) is 11.6 Å². The fourth-order valence-electron chi connectivity index (χ4n) is 1.94. The maximum absolute atomic E-state index is 12.0. The number of aryl methyl sites for hydroxylation is 1. The Hall–Kier alpha value is -1.36. The Morgan fingerprint density at radius 3 is 2.94 bits per heavy atom. The third-order valence-corrected chi connectivity index (χ3v) is 3.00. The fourth-order valence-corrected chi connectivity index (χ4v) is 2.15. The van der Waals surface area contributed by atoms with Crippen LogP contribution in [0, 0.1) is 12.8 Å². The summed E-state index contributed by atoms with van der Waals surface area (Å²) in [6.07, 6.45) is 1.83. The topological polar surface area (TPSA) is 66.9 Å². The van der Waals surface area contributed by atoms with Crippen LogP contribution in [0.15, 0.2) is 0 Å². The van der Waals surface area contributed by atoms with Crippen molar-refractivity contribution in [3.05, 3.63) is 11.0 Å². The van der Waals surface area contributed by atoms with Gasteiger partial charge < -0.3 is 10.6 Å². The summed E-state index contributed by atoms with van der Waals surface area (Å²) in [5, 5.41) is 6.21. The molecule has 6 heteroatoms. The molecule has 0 saturated heterocycles. The van der Waals surface area contributed by atoms with Gasteiger partial charge in [-0.05, 0) is 24.9 Å². The van der Waals surface area contributed by atoms with Gasteiger partial charge in [0.25, 0.3) is 0 Å². The maximum Gasteiger partial charge on any atom is 0.229 e. The zero-order valence-corrected chi connectivity index (χ0v) is 10.6. The highest BCUT2D eigenvalue weighted by atomic mass is 35.5. The van der Waals surface area contributed by atoms with Crippen molar-refractivity contribution >= 4 is 29.0 Å². The number of nitrogens with one attached hydrogen (secondary N) is 2. The molecule has 0 radical (unpaired) electrons. The largest absolute Gasteiger partial charge is 0.367 e. The Labute approximate surface area is 105 Å². The molecule has 1 aliphatic heterocycles. The predicted molar refractivity (Wildman–Crippen MR) is 67.3 cm³/mol. The lowest BCUT2D eigenvalue weighted by atomic mass is 10.0. The van der Waals surface area contributed by atoms with Gasteiger partial charge >= 0.3 is 0 Å². The number of nitrogens with zero attached hydrogens (tertiary/aromatic N) is 2. The fraction of sp³-hybridized carbons (Fsp3) is 0.545. The number of amides is 1. The van der Waals surface area contributed by atoms with E-state index < -0.39 is 0 Å². The smallest absolute Gasteiger partial charge is 0.229 e. The second-order valence-corrected chi connectivity index (χ2v) is 4.50. The van der Waals surface area contributed by atoms with Gasteiger partial charge in [-0.25, -0.2) is 4.98 Å². The van der Waals surface area contributed by atoms with Crippen LogP contribution in [0.25, 0.3) is 0 Å². The second kappa shape index (κ2) is 4.87. The molecule has 0 spiro atoms. The molecular formula is C11H15ClN4O. The molecule has 92 valence electrons. The summed E-state index contributed by atoms with van der Waals surface area (Å²) in [6.45, 7) is 4.45. The second-order valence-electron chi connectivity index (χ2n) is 4.16. The molecule has 0 bridgehead atoms. The van der Waals surface area contributed by atoms with E-state index >= 15 is 0 Å². The summed E-state index contributed by atoms with van der Waals surface area (Å²) < 4.78 is 0. The first-order valence-corrected chi connectivity index (χ1v) is 6.08. The van der Waals surface area contributed by atoms with Gasteiger partial charge in [0.05, 0.1) is 11.6 Å². The van der Waals surface area contributed by atoms with Crippen LogP contribution >= 0.6 is 11.6 Å². The normalized spacial score (nSPS) is 19.0. The van der Waals surface area contributed by atoms with E-state index in [1.54, 1.807) is 6.92 Å². The number of hydrogen-bond donors (Lipinski definition) is 2. The van der Waals surface area contributed by atoms with E-state index in [0.29, 0.717) is 23.7 Å². The molecule has 1 amide bonds. The summed E-state index contributed by atoms with van der Waals surface area (Å²) in [7, 11) is 0. The van der Waals surface area contributed by atoms with Crippen LogP contribution in [0.1, 0.15) is 25.5 Å². The van der Waals surface area contributed by atoms with Crippen LogP contribution in [0.3, 0.4) is 0 Å². The molecule has 1 aliphatic rings. The quantitative estimate of drug-likeness (QED) is 0.795. The monoisotopic (exact) mass is 254 g/mol. The number of fused-ring (bicyclic) bond motifs is 1. The number of carbonyl (C=O) groups is 1. The Bertz CT molecular complexity index is 449. The lowest BCUT2D eigenvalue weighted by Gasteiger charge is -2.11. The van der Waals surface area contributed by atoms with Gasteiger partial charge in [-0.15, -0.1) is 0 Å². The van der Waals surface area contributed by atoms with Crippen LogP contribution in [-0.2, 0) is 4.79 Å². The van der Waals surface area contributed by atoms with E-state index in [-0.39, 0.29) is 17.1 Å². The van der Waals surface area contributed by atoms with Crippen molar-refractivity contribution in [1.29, 1.82) is 0 Å². The third kappa shape index (κ3) is 2.49. The van der Waals surface area contributed by atoms with Crippen molar-refractivity contribution in [2.45, 2.75) is 26.7 Å². The minimum atomic E-state index is -0.0348. The summed E-state index contributed by atoms with van der Waals surface area (Å²) in [6, 6.07) is 0. The molecule has 0 aromatic carbocycles. The van der Waals surface area contributed by atoms with Gasteiger partial charge in [0.1, 0.15) is 5.69 Å². The molecule has 0 fully saturated rings. The van der Waals surface area contributed by atoms with Crippen LogP contribution < -0.4 is 10.6 Å². The lowest BCUT2D eigenvalue weighted by molar-refractivity contribution is -0.119. The summed E-state index contributed by atoms with van der Waals surface area (Å²) in [4.78, 5) is 20.1. The molecule has 2 heterocycles. The molecule has 1 unspecified atom stereocenters. The predicted octanol–water partition coefficient (Wildman–Crippen LogP) is 2.22. The number of anilines is 2. The average Bonchev–Trinajstić information content (AvgIpc) is 2.41. The number of carbonyl (C=O) groups excluding carboxylic acids is 1. The first kappa shape index (κ1) is 12.1. The van der Waals surface area contributed by atoms with Gasteiger partial charge in [-0.2, -0.15) is 4.98 Å². The summed E-state index contributed by atoms with van der Waals surface area (Å²) in [5.74, 6) is 0.592. The average molecular weight is 255 g/mol. The van der Waals surface area contributed by atoms with Gasteiger partial charge in [0, 0.05) is 6.54 Å². The Kier molecular flexibility index (Phi) is 3.47. The van der Waals surface area contributed by atoms with Gasteiger partial charge in [-0.3, -0.25) is 4.79 Å². The zero-order valence-electron chi connectivity index (χ0n) is 9.88. The highest BCUT2D eigenvalue weighted by Gasteiger charge is 2.24. The number of aromatic nitrogens is 2. The molecular weight excluding hydrogens is 240 g/mol. The first-order chi connectivity index (χ1) is 8.11. The highest BCUT2D eigenvalue weighted by Crippen LogP contribution is 2.28. The minimum Gasteiger partial charge on any atom is -0.367 e. The van der Waals surface area contributed by atoms with E-state index in [1.807, 2.05) is 0 Å². The molecule has 0 aliphatic carbocycles. The molecule has 0 saturated carbocycles. The molecule has 2 rings (SSSR count). The third-order valence-electron chi connectivity index (χ3n) is 2.83. The van der Waals surface area contributed by atoms with Crippen LogP contribution in [0.5, 0.6) is 0 Å². The van der Waals surface area contributed by atoms with Gasteiger partial charge in [0.15, 0.2) is 5.82 Å². The molecule has 1 atom stereocenters. The first-order valence-electron chi connectivity index (χ1n) is 5.70. The van der Waals surface area contributed by atoms with E-state index in [0.717, 1.165) is 12.8 Å². The van der Waals surface area contributed by atoms with Crippen LogP contribution in [0.4, 0.5) is 11.5 Å². The van der Waals surface area contributed by atoms with Crippen molar-refractivity contribution in [3.63, 3.8) is 0 Å². The van der Waals surface area contributed by atoms with Crippen molar-refractivity contribution in [2.24, 2.45) is 5.92 Å². The number of rotatable bonds is 2. The minimum absolute atomic E-state index is 0.0205. The zero-order chi connectivity index (χ0) is 12.4. The van der Waals surface area contributed by atoms with Crippen molar-refractivity contribution in [2.75, 3.05) is 17.2 Å². The molecule has 2 N–H and O–H groups in total. The lowest BCUT2D eigenvalue weighted by Crippen LogP contribution is -2.25. The van der Waals surface area contributed by atoms with Crippen molar-refractivity contribution in [1.82, 2.24) is 9.97 Å². The number of halogens is 1. The Morgan fingerprint density at radius 1 is 1.47 bits per heavy atom. The van der Waals surface area contributed by atoms with E-state index in [1.165, 1.54) is 0 Å². The van der Waals surface area contributed by atoms with Crippen molar-refractivity contribution in [3.8, 4) is 0 Å². The maximum atomic E-state index is 12.0. The highest BCUT2D eigenvalue weighted by molar-refractivity contribution is 6.28. The molecule has 5 nitrogen and oxygen atoms in total. The van der Waals surface area contributed by atoms with Crippen LogP contribution in [0.2, 0.25) is 5.28 Å². The molecule has 17 heavy (non-hydrogen) atoms. The Balaban J connectivity index is 2.31. The van der Waals surface area contributed by atoms with E-state index in [2.05, 4.69) is 27.5 Å². The van der Waals surface area contributed by atoms with E-state index in [9.17, 15) is 4.79 Å². The molecule has 1 aromatic rings. The Morgan fingerprint density at radius 2 is 2.24 bits per heavy atom. The van der Waals surface area contributed by atoms with Gasteiger partial charge in [0.2, 0.25) is 11.2 Å². The molecule has 1 aromatic heterocycles. The summed E-state index contributed by atoms with van der Waals surface area (Å²) in [5.41, 5.74) is 1.32. The van der Waals surface area contributed by atoms with Crippen molar-refractivity contribution < 1.29 is 4.79 Å². The van der Waals surface area contributed by atoms with Crippen LogP contribution in [-0.4, -0.2) is 22.4 Å². The standard InChI is InChI=1S/C11H15ClN4O/c1-3-4-7-5-13-9-8(15-10(7)17)6(2)14-11(12)16-9/h7H,3-5H2,1-2H3,(H,15,17)(H,13,14,16). The SMILES string of the molecule is CCCC1CNc2nc(Cl)nc(C)c2NC1=O. The number of hydrogen-bond acceptors (Lipinski definition) is 4. The van der Waals surface area contributed by atoms with Gasteiger partial charge in [-0.1, -0.05) is 13.3 Å².